The normalized spacial score (nSPS) is 17.0. The molecule has 1 heterocycles. The highest BCUT2D eigenvalue weighted by Gasteiger charge is 2.39. The lowest BCUT2D eigenvalue weighted by molar-refractivity contribution is -0.147. The van der Waals surface area contributed by atoms with Gasteiger partial charge >= 0.3 is 12.1 Å². The number of benzene rings is 3. The number of carbonyl (C=O) groups is 7. The van der Waals surface area contributed by atoms with Crippen LogP contribution in [0.4, 0.5) is 4.79 Å². The van der Waals surface area contributed by atoms with Gasteiger partial charge in [0.05, 0.1) is 31.7 Å². The van der Waals surface area contributed by atoms with Gasteiger partial charge in [-0.05, 0) is 80.7 Å². The van der Waals surface area contributed by atoms with Crippen molar-refractivity contribution >= 4 is 41.6 Å². The van der Waals surface area contributed by atoms with E-state index >= 15 is 0 Å². The summed E-state index contributed by atoms with van der Waals surface area (Å²) in [6, 6.07) is 19.9. The van der Waals surface area contributed by atoms with Crippen LogP contribution in [0.2, 0.25) is 0 Å². The van der Waals surface area contributed by atoms with Crippen LogP contribution in [0, 0.1) is 11.8 Å². The molecule has 17 heteroatoms. The number of rotatable bonds is 23. The summed E-state index contributed by atoms with van der Waals surface area (Å²) in [5, 5.41) is 25.7. The van der Waals surface area contributed by atoms with E-state index in [0.29, 0.717) is 31.4 Å². The third-order valence-corrected chi connectivity index (χ3v) is 11.9. The molecule has 1 aliphatic heterocycles. The van der Waals surface area contributed by atoms with Gasteiger partial charge < -0.3 is 46.9 Å². The fraction of sp³-hybridized carbons (Fsp3) is 0.510. The lowest BCUT2D eigenvalue weighted by Crippen LogP contribution is -2.59. The van der Waals surface area contributed by atoms with Crippen molar-refractivity contribution in [1.29, 1.82) is 0 Å². The molecule has 370 valence electrons. The number of aliphatic hydroxyl groups is 1. The highest BCUT2D eigenvalue weighted by molar-refractivity contribution is 5.94. The first-order chi connectivity index (χ1) is 32.2. The number of β-amino-alcohol motifs (C(OH)–C–C–N with tert-alkyl or cyclic N) is 1. The second kappa shape index (κ2) is 25.7. The summed E-state index contributed by atoms with van der Waals surface area (Å²) < 4.78 is 10.4. The fourth-order valence-electron chi connectivity index (χ4n) is 8.00. The molecule has 8 N–H and O–H groups in total. The molecule has 7 unspecified atom stereocenters. The average Bonchev–Trinajstić information content (AvgIpc) is 3.76. The fourth-order valence-corrected chi connectivity index (χ4v) is 8.00. The lowest BCUT2D eigenvalue weighted by Gasteiger charge is -2.33. The first-order valence-corrected chi connectivity index (χ1v) is 23.4. The van der Waals surface area contributed by atoms with Gasteiger partial charge in [-0.3, -0.25) is 28.9 Å². The SMILES string of the molecule is CCC(C)C(NC(=O)C1CCCN1CC(O)[C@H](Cc1ccccc1)NC(=O)C(CC(N)=O)NC(=O)C(Cc1ccc(-c2ccccc2)cc1)NC(=O)OC(C)(C)C)C(=O)NC(C(=O)OC)C(C)C. The van der Waals surface area contributed by atoms with E-state index in [4.69, 9.17) is 15.2 Å². The number of esters is 1. The largest absolute Gasteiger partial charge is 0.467 e. The van der Waals surface area contributed by atoms with E-state index in [9.17, 15) is 38.7 Å². The molecule has 1 aliphatic rings. The minimum absolute atomic E-state index is 0.000285. The molecule has 3 aromatic rings. The summed E-state index contributed by atoms with van der Waals surface area (Å²) in [6.45, 7) is 12.7. The number of nitrogens with two attached hydrogens (primary N) is 1. The zero-order chi connectivity index (χ0) is 50.1. The van der Waals surface area contributed by atoms with Crippen LogP contribution in [0.25, 0.3) is 11.1 Å². The van der Waals surface area contributed by atoms with Crippen LogP contribution in [0.5, 0.6) is 0 Å². The van der Waals surface area contributed by atoms with Crippen LogP contribution in [0.3, 0.4) is 0 Å². The van der Waals surface area contributed by atoms with Crippen LogP contribution < -0.4 is 32.3 Å². The van der Waals surface area contributed by atoms with Gasteiger partial charge in [-0.1, -0.05) is 119 Å². The second-order valence-corrected chi connectivity index (χ2v) is 18.8. The third kappa shape index (κ3) is 16.8. The first-order valence-electron chi connectivity index (χ1n) is 23.4. The van der Waals surface area contributed by atoms with Gasteiger partial charge in [0.1, 0.15) is 29.8 Å². The zero-order valence-corrected chi connectivity index (χ0v) is 40.6. The maximum Gasteiger partial charge on any atom is 0.408 e. The number of likely N-dealkylation sites (tertiary alicyclic amines) is 1. The Kier molecular flexibility index (Phi) is 20.5. The van der Waals surface area contributed by atoms with Crippen molar-refractivity contribution in [1.82, 2.24) is 31.5 Å². The molecule has 0 aromatic heterocycles. The van der Waals surface area contributed by atoms with Crippen molar-refractivity contribution in [2.45, 2.75) is 135 Å². The quantitative estimate of drug-likeness (QED) is 0.0678. The Morgan fingerprint density at radius 1 is 0.735 bits per heavy atom. The van der Waals surface area contributed by atoms with Crippen molar-refractivity contribution in [2.24, 2.45) is 17.6 Å². The molecule has 0 spiro atoms. The number of hydrogen-bond donors (Lipinski definition) is 7. The standard InChI is InChI=1S/C51H71N7O10/c1-9-32(4)44(48(64)56-43(31(2)3)49(65)67-8)57-47(63)40-21-16-26-58(40)30-41(59)37(27-33-17-12-10-13-18-33)53-46(62)39(29-42(52)60)54-45(61)38(55-50(66)68-51(5,6)7)28-34-22-24-36(25-23-34)35-19-14-11-15-20-35/h10-15,17-20,22-25,31-32,37-41,43-44,59H,9,16,21,26-30H2,1-8H3,(H2,52,60)(H,53,62)(H,54,61)(H,55,66)(H,56,64)(H,57,63)/t32?,37-,38?,39?,40?,41?,43?,44?/m0/s1. The Bertz CT molecular complexity index is 2150. The Labute approximate surface area is 400 Å². The van der Waals surface area contributed by atoms with Gasteiger partial charge in [0.15, 0.2) is 0 Å². The van der Waals surface area contributed by atoms with Gasteiger partial charge in [0.25, 0.3) is 0 Å². The Balaban J connectivity index is 1.54. The molecular weight excluding hydrogens is 871 g/mol. The number of ether oxygens (including phenoxy) is 2. The number of methoxy groups -OCH3 is 1. The van der Waals surface area contributed by atoms with Crippen LogP contribution >= 0.6 is 0 Å². The van der Waals surface area contributed by atoms with Gasteiger partial charge in [-0.25, -0.2) is 9.59 Å². The predicted octanol–water partition coefficient (Wildman–Crippen LogP) is 3.55. The maximum atomic E-state index is 14.2. The van der Waals surface area contributed by atoms with E-state index in [0.717, 1.165) is 16.7 Å². The van der Waals surface area contributed by atoms with Crippen LogP contribution in [0.15, 0.2) is 84.9 Å². The van der Waals surface area contributed by atoms with E-state index in [-0.39, 0.29) is 31.2 Å². The highest BCUT2D eigenvalue weighted by Crippen LogP contribution is 2.22. The minimum atomic E-state index is -1.52. The van der Waals surface area contributed by atoms with E-state index in [1.165, 1.54) is 7.11 Å². The molecule has 0 bridgehead atoms. The van der Waals surface area contributed by atoms with Gasteiger partial charge in [-0.15, -0.1) is 0 Å². The number of nitrogens with one attached hydrogen (secondary N) is 5. The first kappa shape index (κ1) is 54.3. The second-order valence-electron chi connectivity index (χ2n) is 18.8. The average molecular weight is 942 g/mol. The van der Waals surface area contributed by atoms with Crippen LogP contribution in [-0.4, -0.2) is 120 Å². The van der Waals surface area contributed by atoms with E-state index in [1.807, 2.05) is 98.8 Å². The summed E-state index contributed by atoms with van der Waals surface area (Å²) in [7, 11) is 1.24. The summed E-state index contributed by atoms with van der Waals surface area (Å²) in [4.78, 5) is 95.8. The van der Waals surface area contributed by atoms with Gasteiger partial charge in [-0.2, -0.15) is 0 Å². The number of aliphatic hydroxyl groups excluding tert-OH is 1. The highest BCUT2D eigenvalue weighted by atomic mass is 16.6. The molecule has 1 fully saturated rings. The van der Waals surface area contributed by atoms with Crippen molar-refractivity contribution in [3.05, 3.63) is 96.1 Å². The van der Waals surface area contributed by atoms with Crippen molar-refractivity contribution in [3.63, 3.8) is 0 Å². The van der Waals surface area contributed by atoms with Crippen molar-refractivity contribution < 1.29 is 48.1 Å². The molecule has 0 aliphatic carbocycles. The van der Waals surface area contributed by atoms with E-state index in [2.05, 4.69) is 26.6 Å². The van der Waals surface area contributed by atoms with Gasteiger partial charge in [0, 0.05) is 13.0 Å². The third-order valence-electron chi connectivity index (χ3n) is 11.9. The summed E-state index contributed by atoms with van der Waals surface area (Å²) in [5.41, 5.74) is 8.12. The van der Waals surface area contributed by atoms with E-state index < -0.39 is 96.0 Å². The number of carbonyl (C=O) groups excluding carboxylic acids is 7. The maximum absolute atomic E-state index is 14.2. The molecule has 1 saturated heterocycles. The predicted molar refractivity (Wildman–Crippen MR) is 257 cm³/mol. The zero-order valence-electron chi connectivity index (χ0n) is 40.6. The number of amides is 6. The molecule has 0 saturated carbocycles. The summed E-state index contributed by atoms with van der Waals surface area (Å²) in [5.74, 6) is -4.60. The van der Waals surface area contributed by atoms with Crippen molar-refractivity contribution in [3.8, 4) is 11.1 Å². The number of hydrogen-bond acceptors (Lipinski definition) is 11. The molecule has 17 nitrogen and oxygen atoms in total. The Morgan fingerprint density at radius 3 is 1.90 bits per heavy atom. The van der Waals surface area contributed by atoms with Crippen LogP contribution in [-0.2, 0) is 51.1 Å². The molecule has 4 rings (SSSR count). The Morgan fingerprint density at radius 2 is 1.32 bits per heavy atom. The number of primary amides is 1. The summed E-state index contributed by atoms with van der Waals surface area (Å²) >= 11 is 0. The number of alkyl carbamates (subject to hydrolysis) is 1. The monoisotopic (exact) mass is 942 g/mol. The molecule has 0 radical (unpaired) electrons. The number of nitrogens with zero attached hydrogens (tertiary/aromatic N) is 1. The van der Waals surface area contributed by atoms with E-state index in [1.54, 1.807) is 39.5 Å². The minimum Gasteiger partial charge on any atom is -0.467 e. The molecule has 6 amide bonds. The smallest absolute Gasteiger partial charge is 0.408 e. The molecule has 3 aromatic carbocycles. The van der Waals surface area contributed by atoms with Crippen molar-refractivity contribution in [2.75, 3.05) is 20.2 Å². The summed E-state index contributed by atoms with van der Waals surface area (Å²) in [6.07, 6.45) is -1.02. The molecular formula is C51H71N7O10. The molecule has 8 atom stereocenters. The van der Waals surface area contributed by atoms with Gasteiger partial charge in [0.2, 0.25) is 29.5 Å². The topological polar surface area (TPSA) is 248 Å². The Hall–Kier alpha value is -6.33. The molecule has 68 heavy (non-hydrogen) atoms. The lowest BCUT2D eigenvalue weighted by atomic mass is 9.96. The van der Waals surface area contributed by atoms with Crippen LogP contribution in [0.1, 0.15) is 85.3 Å².